The summed E-state index contributed by atoms with van der Waals surface area (Å²) >= 11 is 0. The van der Waals surface area contributed by atoms with E-state index in [1.54, 1.807) is 11.2 Å². The molecule has 5 heteroatoms. The van der Waals surface area contributed by atoms with Gasteiger partial charge >= 0.3 is 0 Å². The molecule has 1 atom stereocenters. The van der Waals surface area contributed by atoms with Crippen LogP contribution in [-0.2, 0) is 10.0 Å². The van der Waals surface area contributed by atoms with Crippen molar-refractivity contribution in [3.8, 4) is 0 Å². The summed E-state index contributed by atoms with van der Waals surface area (Å²) in [5.74, 6) is 0. The van der Waals surface area contributed by atoms with Crippen LogP contribution in [0.25, 0.3) is 0 Å². The number of hydrogen-bond acceptors (Lipinski definition) is 3. The van der Waals surface area contributed by atoms with Crippen LogP contribution < -0.4 is 5.73 Å². The van der Waals surface area contributed by atoms with Gasteiger partial charge in [-0.25, -0.2) is 8.42 Å². The van der Waals surface area contributed by atoms with Gasteiger partial charge in [-0.3, -0.25) is 0 Å². The Bertz CT molecular complexity index is 273. The number of hydrogen-bond donors (Lipinski definition) is 1. The van der Waals surface area contributed by atoms with Crippen molar-refractivity contribution in [2.75, 3.05) is 13.1 Å². The molecule has 14 heavy (non-hydrogen) atoms. The van der Waals surface area contributed by atoms with Gasteiger partial charge in [-0.1, -0.05) is 6.92 Å². The van der Waals surface area contributed by atoms with Crippen LogP contribution in [0.1, 0.15) is 33.1 Å². The third kappa shape index (κ3) is 2.46. The van der Waals surface area contributed by atoms with Gasteiger partial charge in [-0.15, -0.1) is 0 Å². The first-order valence-electron chi connectivity index (χ1n) is 5.24. The van der Waals surface area contributed by atoms with Gasteiger partial charge in [0.15, 0.2) is 0 Å². The summed E-state index contributed by atoms with van der Waals surface area (Å²) in [5.41, 5.74) is 5.41. The van der Waals surface area contributed by atoms with Crippen molar-refractivity contribution in [1.82, 2.24) is 4.31 Å². The van der Waals surface area contributed by atoms with Crippen LogP contribution in [0.4, 0.5) is 0 Å². The molecule has 0 heterocycles. The highest BCUT2D eigenvalue weighted by molar-refractivity contribution is 7.89. The molecule has 1 aliphatic carbocycles. The summed E-state index contributed by atoms with van der Waals surface area (Å²) in [5, 5.41) is -0.449. The topological polar surface area (TPSA) is 63.4 Å². The van der Waals surface area contributed by atoms with Crippen LogP contribution in [-0.4, -0.2) is 37.1 Å². The fourth-order valence-electron chi connectivity index (χ4n) is 1.45. The summed E-state index contributed by atoms with van der Waals surface area (Å²) in [7, 11) is -3.14. The maximum absolute atomic E-state index is 12.0. The van der Waals surface area contributed by atoms with E-state index in [4.69, 9.17) is 5.73 Å². The Morgan fingerprint density at radius 1 is 1.50 bits per heavy atom. The lowest BCUT2D eigenvalue weighted by Crippen LogP contribution is -2.42. The molecule has 1 saturated carbocycles. The number of sulfonamides is 1. The Kier molecular flexibility index (Phi) is 3.92. The summed E-state index contributed by atoms with van der Waals surface area (Å²) < 4.78 is 25.6. The minimum Gasteiger partial charge on any atom is -0.329 e. The van der Waals surface area contributed by atoms with Crippen molar-refractivity contribution in [3.63, 3.8) is 0 Å². The molecule has 0 amide bonds. The van der Waals surface area contributed by atoms with E-state index >= 15 is 0 Å². The zero-order valence-corrected chi connectivity index (χ0v) is 9.76. The smallest absolute Gasteiger partial charge is 0.218 e. The molecule has 0 aliphatic heterocycles. The first-order chi connectivity index (χ1) is 6.54. The first-order valence-corrected chi connectivity index (χ1v) is 6.75. The Hall–Kier alpha value is -0.130. The van der Waals surface area contributed by atoms with Crippen LogP contribution in [0, 0.1) is 0 Å². The van der Waals surface area contributed by atoms with E-state index in [1.165, 1.54) is 0 Å². The molecule has 1 fully saturated rings. The van der Waals surface area contributed by atoms with E-state index < -0.39 is 15.3 Å². The Labute approximate surface area is 86.5 Å². The first kappa shape index (κ1) is 11.9. The average molecular weight is 220 g/mol. The van der Waals surface area contributed by atoms with E-state index in [9.17, 15) is 8.42 Å². The Morgan fingerprint density at radius 2 is 2.07 bits per heavy atom. The van der Waals surface area contributed by atoms with E-state index in [-0.39, 0.29) is 12.6 Å². The highest BCUT2D eigenvalue weighted by Gasteiger charge is 2.38. The molecule has 0 aromatic carbocycles. The molecular weight excluding hydrogens is 200 g/mol. The molecule has 2 N–H and O–H groups in total. The molecule has 0 aromatic heterocycles. The summed E-state index contributed by atoms with van der Waals surface area (Å²) in [4.78, 5) is 0. The van der Waals surface area contributed by atoms with Gasteiger partial charge in [0, 0.05) is 19.1 Å². The molecule has 0 aromatic rings. The predicted molar refractivity (Wildman–Crippen MR) is 57.5 cm³/mol. The Morgan fingerprint density at radius 3 is 2.43 bits per heavy atom. The largest absolute Gasteiger partial charge is 0.329 e. The van der Waals surface area contributed by atoms with Crippen molar-refractivity contribution >= 4 is 10.0 Å². The highest BCUT2D eigenvalue weighted by Crippen LogP contribution is 2.30. The monoisotopic (exact) mass is 220 g/mol. The van der Waals surface area contributed by atoms with E-state index in [0.717, 1.165) is 19.3 Å². The van der Waals surface area contributed by atoms with Gasteiger partial charge in [0.2, 0.25) is 10.0 Å². The van der Waals surface area contributed by atoms with Gasteiger partial charge in [-0.05, 0) is 26.2 Å². The van der Waals surface area contributed by atoms with Crippen LogP contribution >= 0.6 is 0 Å². The van der Waals surface area contributed by atoms with Crippen molar-refractivity contribution in [2.24, 2.45) is 5.73 Å². The molecule has 84 valence electrons. The molecule has 1 aliphatic rings. The quantitative estimate of drug-likeness (QED) is 0.710. The van der Waals surface area contributed by atoms with E-state index in [1.807, 2.05) is 6.92 Å². The lowest BCUT2D eigenvalue weighted by Gasteiger charge is -2.24. The molecular formula is C9H20N2O2S. The van der Waals surface area contributed by atoms with E-state index in [0.29, 0.717) is 6.54 Å². The van der Waals surface area contributed by atoms with Gasteiger partial charge < -0.3 is 5.73 Å². The van der Waals surface area contributed by atoms with Crippen molar-refractivity contribution in [1.29, 1.82) is 0 Å². The minimum absolute atomic E-state index is 0.204. The van der Waals surface area contributed by atoms with Gasteiger partial charge in [-0.2, -0.15) is 4.31 Å². The predicted octanol–water partition coefficient (Wildman–Crippen LogP) is 0.538. The molecule has 1 rings (SSSR count). The third-order valence-electron chi connectivity index (χ3n) is 2.57. The SMILES string of the molecule is CCCN(C1CC1)S(=O)(=O)C(C)CN. The summed E-state index contributed by atoms with van der Waals surface area (Å²) in [6, 6.07) is 0.258. The minimum atomic E-state index is -3.14. The van der Waals surface area contributed by atoms with Crippen molar-refractivity contribution in [3.05, 3.63) is 0 Å². The second-order valence-electron chi connectivity index (χ2n) is 3.93. The molecule has 1 unspecified atom stereocenters. The molecule has 0 bridgehead atoms. The van der Waals surface area contributed by atoms with Crippen LogP contribution in [0.2, 0.25) is 0 Å². The van der Waals surface area contributed by atoms with Crippen LogP contribution in [0.15, 0.2) is 0 Å². The fraction of sp³-hybridized carbons (Fsp3) is 1.00. The zero-order valence-electron chi connectivity index (χ0n) is 8.94. The van der Waals surface area contributed by atoms with Crippen molar-refractivity contribution < 1.29 is 8.42 Å². The molecule has 4 nitrogen and oxygen atoms in total. The lowest BCUT2D eigenvalue weighted by molar-refractivity contribution is 0.397. The van der Waals surface area contributed by atoms with Gasteiger partial charge in [0.1, 0.15) is 0 Å². The second kappa shape index (κ2) is 4.59. The normalized spacial score (nSPS) is 20.0. The van der Waals surface area contributed by atoms with Gasteiger partial charge in [0.25, 0.3) is 0 Å². The highest BCUT2D eigenvalue weighted by atomic mass is 32.2. The van der Waals surface area contributed by atoms with Crippen LogP contribution in [0.5, 0.6) is 0 Å². The second-order valence-corrected chi connectivity index (χ2v) is 6.24. The van der Waals surface area contributed by atoms with Crippen LogP contribution in [0.3, 0.4) is 0 Å². The maximum atomic E-state index is 12.0. The standard InChI is InChI=1S/C9H20N2O2S/c1-3-6-11(9-4-5-9)14(12,13)8(2)7-10/h8-9H,3-7,10H2,1-2H3. The summed E-state index contributed by atoms with van der Waals surface area (Å²) in [6.45, 7) is 4.52. The molecule has 0 radical (unpaired) electrons. The van der Waals surface area contributed by atoms with Gasteiger partial charge in [0.05, 0.1) is 5.25 Å². The van der Waals surface area contributed by atoms with Crippen molar-refractivity contribution in [2.45, 2.75) is 44.4 Å². The lowest BCUT2D eigenvalue weighted by atomic mass is 10.5. The number of nitrogens with two attached hydrogens (primary N) is 1. The Balaban J connectivity index is 2.75. The third-order valence-corrected chi connectivity index (χ3v) is 4.91. The van der Waals surface area contributed by atoms with E-state index in [2.05, 4.69) is 0 Å². The maximum Gasteiger partial charge on any atom is 0.218 e. The fourth-order valence-corrected chi connectivity index (χ4v) is 3.22. The molecule has 0 spiro atoms. The average Bonchev–Trinajstić information content (AvgIpc) is 2.95. The zero-order chi connectivity index (χ0) is 10.8. The number of rotatable bonds is 6. The summed E-state index contributed by atoms with van der Waals surface area (Å²) in [6.07, 6.45) is 2.89. The number of nitrogens with zero attached hydrogens (tertiary/aromatic N) is 1. The molecule has 0 saturated heterocycles.